The number of piperazine rings is 1. The fraction of sp³-hybridized carbons (Fsp3) is 0.296. The maximum atomic E-state index is 12.4. The van der Waals surface area contributed by atoms with E-state index < -0.39 is 22.2 Å². The quantitative estimate of drug-likeness (QED) is 0.385. The number of benzene rings is 3. The van der Waals surface area contributed by atoms with Gasteiger partial charge in [0.25, 0.3) is 10.2 Å². The minimum absolute atomic E-state index is 0.254. The van der Waals surface area contributed by atoms with E-state index in [1.54, 1.807) is 0 Å². The minimum atomic E-state index is -3.84. The molecule has 1 unspecified atom stereocenters. The van der Waals surface area contributed by atoms with E-state index in [0.717, 1.165) is 11.3 Å². The van der Waals surface area contributed by atoms with Crippen molar-refractivity contribution in [1.82, 2.24) is 9.03 Å². The first-order valence-corrected chi connectivity index (χ1v) is 13.1. The van der Waals surface area contributed by atoms with E-state index in [9.17, 15) is 13.2 Å². The summed E-state index contributed by atoms with van der Waals surface area (Å²) in [7, 11) is -3.84. The number of rotatable bonds is 7. The number of nitrogens with one attached hydrogen (secondary N) is 1. The second-order valence-electron chi connectivity index (χ2n) is 8.59. The van der Waals surface area contributed by atoms with Crippen LogP contribution in [0, 0.1) is 12.3 Å². The summed E-state index contributed by atoms with van der Waals surface area (Å²) in [5, 5.41) is 11.9. The van der Waals surface area contributed by atoms with Crippen LogP contribution < -0.4 is 9.62 Å². The molecule has 2 aliphatic carbocycles. The van der Waals surface area contributed by atoms with Gasteiger partial charge in [0.2, 0.25) is 0 Å². The van der Waals surface area contributed by atoms with Gasteiger partial charge in [0.05, 0.1) is 5.69 Å². The molecule has 2 aromatic rings. The molecule has 1 aliphatic heterocycles. The van der Waals surface area contributed by atoms with E-state index in [1.807, 2.05) is 36.1 Å². The third kappa shape index (κ3) is 5.65. The van der Waals surface area contributed by atoms with Crippen molar-refractivity contribution in [2.75, 3.05) is 31.1 Å². The van der Waals surface area contributed by atoms with Crippen molar-refractivity contribution >= 4 is 32.6 Å². The molecule has 1 atom stereocenters. The summed E-state index contributed by atoms with van der Waals surface area (Å²) in [4.78, 5) is 13.2. The second-order valence-corrected chi connectivity index (χ2v) is 10.3. The van der Waals surface area contributed by atoms with Crippen molar-refractivity contribution in [3.8, 4) is 23.5 Å². The van der Waals surface area contributed by atoms with Crippen LogP contribution in [0.25, 0.3) is 21.9 Å². The Bertz CT molecular complexity index is 1370. The van der Waals surface area contributed by atoms with Gasteiger partial charge >= 0.3 is 5.97 Å². The summed E-state index contributed by atoms with van der Waals surface area (Å²) in [6, 6.07) is 19.4. The number of carboxylic acids is 1. The van der Waals surface area contributed by atoms with Crippen LogP contribution in [0.15, 0.2) is 60.7 Å². The van der Waals surface area contributed by atoms with Gasteiger partial charge < -0.3 is 10.0 Å². The van der Waals surface area contributed by atoms with Gasteiger partial charge in [0.15, 0.2) is 0 Å². The Balaban J connectivity index is 0.000000234. The molecule has 1 fully saturated rings. The van der Waals surface area contributed by atoms with Crippen molar-refractivity contribution in [2.24, 2.45) is 0 Å². The van der Waals surface area contributed by atoms with Gasteiger partial charge in [-0.3, -0.25) is 4.79 Å². The molecule has 1 heterocycles. The summed E-state index contributed by atoms with van der Waals surface area (Å²) in [5.74, 6) is 1.48. The molecule has 2 aromatic carbocycles. The van der Waals surface area contributed by atoms with Gasteiger partial charge in [-0.05, 0) is 52.6 Å². The molecule has 7 nitrogen and oxygen atoms in total. The number of para-hydroxylation sites is 1. The van der Waals surface area contributed by atoms with E-state index >= 15 is 0 Å². The molecule has 182 valence electrons. The lowest BCUT2D eigenvalue weighted by Crippen LogP contribution is -2.55. The van der Waals surface area contributed by atoms with Crippen LogP contribution in [-0.4, -0.2) is 56.0 Å². The summed E-state index contributed by atoms with van der Waals surface area (Å²) in [6.45, 7) is 3.33. The largest absolute Gasteiger partial charge is 0.480 e. The van der Waals surface area contributed by atoms with E-state index in [4.69, 9.17) is 11.5 Å². The molecule has 1 saturated heterocycles. The Morgan fingerprint density at radius 3 is 2.43 bits per heavy atom. The topological polar surface area (TPSA) is 90.0 Å². The highest BCUT2D eigenvalue weighted by atomic mass is 32.2. The zero-order valence-corrected chi connectivity index (χ0v) is 20.5. The summed E-state index contributed by atoms with van der Waals surface area (Å²) >= 11 is 0. The summed E-state index contributed by atoms with van der Waals surface area (Å²) < 4.78 is 28.5. The predicted molar refractivity (Wildman–Crippen MR) is 139 cm³/mol. The second kappa shape index (κ2) is 10.5. The first-order valence-electron chi connectivity index (χ1n) is 11.7. The number of fused-ring (bicyclic) bond motifs is 3. The van der Waals surface area contributed by atoms with Crippen molar-refractivity contribution in [1.29, 1.82) is 0 Å². The van der Waals surface area contributed by atoms with E-state index in [2.05, 4.69) is 47.0 Å². The Hall–Kier alpha value is -3.38. The predicted octanol–water partition coefficient (Wildman–Crippen LogP) is 3.70. The molecule has 0 amide bonds. The molecule has 3 aliphatic rings. The van der Waals surface area contributed by atoms with E-state index in [1.165, 1.54) is 26.2 Å². The van der Waals surface area contributed by atoms with Crippen LogP contribution in [0.1, 0.15) is 25.3 Å². The van der Waals surface area contributed by atoms with Crippen LogP contribution >= 0.6 is 0 Å². The average Bonchev–Trinajstić information content (AvgIpc) is 3.54. The molecule has 2 N–H and O–H groups in total. The number of carboxylic acid groups (broad SMARTS) is 1. The highest BCUT2D eigenvalue weighted by molar-refractivity contribution is 7.87. The number of nitrogens with zero attached hydrogens (tertiary/aromatic N) is 2. The standard InChI is InChI=1S/C17H23N3O4S.C10H6/c1-3-7-15(17(21)22)18-25(23,24)20-12-10-19(11-13-20)16-9-6-5-8-14(16)4-2;1-2-4-9-7(3-1)5-8-6-10(8)9/h2,5-6,8-9,15,18H,3,7,10-13H2,1H3,(H,21,22);1-6H. The van der Waals surface area contributed by atoms with Crippen molar-refractivity contribution in [3.63, 3.8) is 0 Å². The highest BCUT2D eigenvalue weighted by Gasteiger charge is 2.31. The normalized spacial score (nSPS) is 15.6. The van der Waals surface area contributed by atoms with Crippen LogP contribution in [0.5, 0.6) is 0 Å². The number of terminal acetylenes is 1. The smallest absolute Gasteiger partial charge is 0.321 e. The maximum Gasteiger partial charge on any atom is 0.321 e. The Kier molecular flexibility index (Phi) is 7.41. The van der Waals surface area contributed by atoms with Crippen molar-refractivity contribution in [2.45, 2.75) is 25.8 Å². The van der Waals surface area contributed by atoms with E-state index in [-0.39, 0.29) is 19.5 Å². The zero-order valence-electron chi connectivity index (χ0n) is 19.6. The number of anilines is 1. The first kappa shape index (κ1) is 24.7. The third-order valence-electron chi connectivity index (χ3n) is 6.23. The zero-order chi connectivity index (χ0) is 25.0. The first-order chi connectivity index (χ1) is 16.8. The monoisotopic (exact) mass is 491 g/mol. The number of aliphatic carboxylic acids is 1. The molecular formula is C27H29N3O4S. The molecular weight excluding hydrogens is 462 g/mol. The SMILES string of the molecule is C#Cc1ccccc1N1CCN(S(=O)(=O)NC(CCC)C(=O)O)CC1.c1ccc2c3cc-3cc2c1. The number of hydrogen-bond acceptors (Lipinski definition) is 4. The Labute approximate surface area is 206 Å². The van der Waals surface area contributed by atoms with Gasteiger partial charge in [-0.1, -0.05) is 55.7 Å². The van der Waals surface area contributed by atoms with Crippen LogP contribution in [0.2, 0.25) is 0 Å². The van der Waals surface area contributed by atoms with Crippen LogP contribution in [0.4, 0.5) is 5.69 Å². The molecule has 0 radical (unpaired) electrons. The lowest BCUT2D eigenvalue weighted by molar-refractivity contribution is -0.139. The lowest BCUT2D eigenvalue weighted by Gasteiger charge is -2.36. The molecule has 8 heteroatoms. The third-order valence-corrected chi connectivity index (χ3v) is 7.86. The molecule has 0 aromatic heterocycles. The van der Waals surface area contributed by atoms with Crippen molar-refractivity contribution in [3.05, 3.63) is 66.2 Å². The molecule has 0 spiro atoms. The van der Waals surface area contributed by atoms with Gasteiger partial charge in [0, 0.05) is 31.7 Å². The van der Waals surface area contributed by atoms with Gasteiger partial charge in [0.1, 0.15) is 6.04 Å². The average molecular weight is 492 g/mol. The summed E-state index contributed by atoms with van der Waals surface area (Å²) in [6.07, 6.45) is 6.35. The summed E-state index contributed by atoms with van der Waals surface area (Å²) in [5.41, 5.74) is 4.56. The van der Waals surface area contributed by atoms with Crippen LogP contribution in [0.3, 0.4) is 0 Å². The molecule has 35 heavy (non-hydrogen) atoms. The number of hydrogen-bond donors (Lipinski definition) is 2. The lowest BCUT2D eigenvalue weighted by atomic mass is 10.1. The highest BCUT2D eigenvalue weighted by Crippen LogP contribution is 2.42. The van der Waals surface area contributed by atoms with Gasteiger partial charge in [-0.25, -0.2) is 0 Å². The fourth-order valence-electron chi connectivity index (χ4n) is 4.32. The molecule has 0 saturated carbocycles. The maximum absolute atomic E-state index is 12.4. The number of carbonyl (C=O) groups is 1. The van der Waals surface area contributed by atoms with Gasteiger partial charge in [-0.2, -0.15) is 17.4 Å². The van der Waals surface area contributed by atoms with Crippen molar-refractivity contribution < 1.29 is 18.3 Å². The van der Waals surface area contributed by atoms with Gasteiger partial charge in [-0.15, -0.1) is 6.42 Å². The Morgan fingerprint density at radius 1 is 1.09 bits per heavy atom. The van der Waals surface area contributed by atoms with E-state index in [0.29, 0.717) is 19.5 Å². The molecule has 0 bridgehead atoms. The van der Waals surface area contributed by atoms with Crippen LogP contribution in [-0.2, 0) is 15.0 Å². The fourth-order valence-corrected chi connectivity index (χ4v) is 5.70. The Morgan fingerprint density at radius 2 is 1.77 bits per heavy atom. The minimum Gasteiger partial charge on any atom is -0.480 e. The molecule has 5 rings (SSSR count).